The number of aryl methyl sites for hydroxylation is 1. The Balaban J connectivity index is 1.48. The maximum Gasteiger partial charge on any atom is 0.244 e. The van der Waals surface area contributed by atoms with Crippen molar-refractivity contribution in [3.8, 4) is 16.9 Å². The number of pyridine rings is 2. The molecule has 0 aliphatic rings. The number of nitrogens with one attached hydrogen (secondary N) is 1. The Bertz CT molecular complexity index is 1170. The Hall–Kier alpha value is -4.06. The minimum atomic E-state index is -0.148. The molecule has 0 spiro atoms. The maximum atomic E-state index is 12.3. The molecule has 154 valence electrons. The summed E-state index contributed by atoms with van der Waals surface area (Å²) in [5, 5.41) is 7.64. The molecule has 0 bridgehead atoms. The largest absolute Gasteiger partial charge is 0.352 e. The lowest BCUT2D eigenvalue weighted by molar-refractivity contribution is -0.116. The van der Waals surface area contributed by atoms with Crippen LogP contribution in [0.25, 0.3) is 23.0 Å². The van der Waals surface area contributed by atoms with E-state index in [1.54, 1.807) is 24.5 Å². The maximum absolute atomic E-state index is 12.3. The van der Waals surface area contributed by atoms with Crippen LogP contribution in [-0.4, -0.2) is 32.2 Å². The summed E-state index contributed by atoms with van der Waals surface area (Å²) >= 11 is 0. The molecule has 0 saturated carbocycles. The molecule has 0 saturated heterocycles. The van der Waals surface area contributed by atoms with Crippen molar-refractivity contribution < 1.29 is 4.79 Å². The zero-order chi connectivity index (χ0) is 21.5. The van der Waals surface area contributed by atoms with Crippen molar-refractivity contribution in [3.05, 3.63) is 102 Å². The number of para-hydroxylation sites is 1. The van der Waals surface area contributed by atoms with E-state index in [4.69, 9.17) is 5.10 Å². The number of amides is 1. The molecule has 6 heteroatoms. The second kappa shape index (κ2) is 9.63. The molecule has 6 nitrogen and oxygen atoms in total. The van der Waals surface area contributed by atoms with Gasteiger partial charge in [0.15, 0.2) is 0 Å². The van der Waals surface area contributed by atoms with Gasteiger partial charge in [-0.05, 0) is 55.3 Å². The summed E-state index contributed by atoms with van der Waals surface area (Å²) in [7, 11) is 0. The van der Waals surface area contributed by atoms with Gasteiger partial charge in [0.1, 0.15) is 5.69 Å². The predicted molar refractivity (Wildman–Crippen MR) is 122 cm³/mol. The summed E-state index contributed by atoms with van der Waals surface area (Å²) in [6, 6.07) is 17.7. The van der Waals surface area contributed by atoms with Gasteiger partial charge in [0.25, 0.3) is 0 Å². The summed E-state index contributed by atoms with van der Waals surface area (Å²) in [5.41, 5.74) is 5.53. The number of rotatable bonds is 7. The lowest BCUT2D eigenvalue weighted by Gasteiger charge is -2.03. The van der Waals surface area contributed by atoms with Crippen molar-refractivity contribution in [2.45, 2.75) is 13.3 Å². The molecule has 0 radical (unpaired) electrons. The Morgan fingerprint density at radius 1 is 1.06 bits per heavy atom. The Labute approximate surface area is 181 Å². The number of carbonyl (C=O) groups is 1. The van der Waals surface area contributed by atoms with Gasteiger partial charge in [-0.2, -0.15) is 5.10 Å². The molecule has 0 aliphatic heterocycles. The number of hydrogen-bond acceptors (Lipinski definition) is 4. The standard InChI is InChI=1S/C25H23N5O/c1-19-9-10-20(16-28-19)13-15-27-24(31)12-11-22-18-30(23-7-3-2-4-8-23)29-25(22)21-6-5-14-26-17-21/h2-12,14,16-18H,13,15H2,1H3,(H,27,31). The van der Waals surface area contributed by atoms with Crippen LogP contribution in [0.5, 0.6) is 0 Å². The summed E-state index contributed by atoms with van der Waals surface area (Å²) in [6.07, 6.45) is 11.3. The topological polar surface area (TPSA) is 72.7 Å². The SMILES string of the molecule is Cc1ccc(CCNC(=O)C=Cc2cn(-c3ccccc3)nc2-c2cccnc2)cn1. The average molecular weight is 409 g/mol. The van der Waals surface area contributed by atoms with Crippen LogP contribution < -0.4 is 5.32 Å². The minimum absolute atomic E-state index is 0.148. The van der Waals surface area contributed by atoms with Gasteiger partial charge >= 0.3 is 0 Å². The van der Waals surface area contributed by atoms with Crippen molar-refractivity contribution >= 4 is 12.0 Å². The highest BCUT2D eigenvalue weighted by atomic mass is 16.1. The fourth-order valence-electron chi connectivity index (χ4n) is 3.15. The van der Waals surface area contributed by atoms with E-state index < -0.39 is 0 Å². The quantitative estimate of drug-likeness (QED) is 0.468. The number of hydrogen-bond donors (Lipinski definition) is 1. The highest BCUT2D eigenvalue weighted by Crippen LogP contribution is 2.24. The molecule has 0 atom stereocenters. The Morgan fingerprint density at radius 2 is 1.94 bits per heavy atom. The lowest BCUT2D eigenvalue weighted by Crippen LogP contribution is -2.23. The van der Waals surface area contributed by atoms with Crippen LogP contribution in [0.4, 0.5) is 0 Å². The second-order valence-corrected chi connectivity index (χ2v) is 7.14. The molecule has 3 heterocycles. The van der Waals surface area contributed by atoms with E-state index in [0.717, 1.165) is 40.2 Å². The summed E-state index contributed by atoms with van der Waals surface area (Å²) in [6.45, 7) is 2.50. The normalized spacial score (nSPS) is 11.0. The minimum Gasteiger partial charge on any atom is -0.352 e. The first kappa shape index (κ1) is 20.2. The van der Waals surface area contributed by atoms with Gasteiger partial charge in [-0.25, -0.2) is 4.68 Å². The molecule has 0 aliphatic carbocycles. The molecule has 1 aromatic carbocycles. The number of nitrogens with zero attached hydrogens (tertiary/aromatic N) is 4. The van der Waals surface area contributed by atoms with Crippen LogP contribution >= 0.6 is 0 Å². The lowest BCUT2D eigenvalue weighted by atomic mass is 10.1. The molecule has 4 rings (SSSR count). The molecule has 1 N–H and O–H groups in total. The van der Waals surface area contributed by atoms with Crippen LogP contribution in [0.1, 0.15) is 16.8 Å². The summed E-state index contributed by atoms with van der Waals surface area (Å²) in [4.78, 5) is 20.8. The number of aromatic nitrogens is 4. The molecule has 4 aromatic rings. The van der Waals surface area contributed by atoms with Crippen LogP contribution in [0.3, 0.4) is 0 Å². The van der Waals surface area contributed by atoms with Gasteiger partial charge < -0.3 is 5.32 Å². The van der Waals surface area contributed by atoms with Crippen molar-refractivity contribution in [2.75, 3.05) is 6.54 Å². The van der Waals surface area contributed by atoms with Crippen molar-refractivity contribution in [2.24, 2.45) is 0 Å². The summed E-state index contributed by atoms with van der Waals surface area (Å²) < 4.78 is 1.81. The van der Waals surface area contributed by atoms with E-state index in [1.165, 1.54) is 0 Å². The van der Waals surface area contributed by atoms with Gasteiger partial charge in [0, 0.05) is 54.2 Å². The highest BCUT2D eigenvalue weighted by molar-refractivity contribution is 5.92. The number of benzene rings is 1. The van der Waals surface area contributed by atoms with Crippen LogP contribution in [0.15, 0.2) is 85.5 Å². The van der Waals surface area contributed by atoms with Crippen LogP contribution in [0.2, 0.25) is 0 Å². The third-order valence-electron chi connectivity index (χ3n) is 4.80. The first-order valence-electron chi connectivity index (χ1n) is 10.1. The van der Waals surface area contributed by atoms with E-state index in [1.807, 2.05) is 78.6 Å². The van der Waals surface area contributed by atoms with E-state index >= 15 is 0 Å². The Morgan fingerprint density at radius 3 is 2.68 bits per heavy atom. The highest BCUT2D eigenvalue weighted by Gasteiger charge is 2.11. The Kier molecular flexibility index (Phi) is 6.28. The van der Waals surface area contributed by atoms with Crippen molar-refractivity contribution in [1.82, 2.24) is 25.1 Å². The molecular weight excluding hydrogens is 386 g/mol. The molecule has 0 unspecified atom stereocenters. The van der Waals surface area contributed by atoms with Gasteiger partial charge in [0.2, 0.25) is 5.91 Å². The van der Waals surface area contributed by atoms with E-state index in [-0.39, 0.29) is 5.91 Å². The molecule has 31 heavy (non-hydrogen) atoms. The van der Waals surface area contributed by atoms with Crippen molar-refractivity contribution in [1.29, 1.82) is 0 Å². The van der Waals surface area contributed by atoms with E-state index in [2.05, 4.69) is 15.3 Å². The van der Waals surface area contributed by atoms with Gasteiger partial charge in [-0.15, -0.1) is 0 Å². The average Bonchev–Trinajstić information content (AvgIpc) is 3.25. The molecule has 0 fully saturated rings. The van der Waals surface area contributed by atoms with Gasteiger partial charge in [-0.3, -0.25) is 14.8 Å². The second-order valence-electron chi connectivity index (χ2n) is 7.14. The first-order valence-corrected chi connectivity index (χ1v) is 10.1. The van der Waals surface area contributed by atoms with Crippen LogP contribution in [-0.2, 0) is 11.2 Å². The zero-order valence-electron chi connectivity index (χ0n) is 17.3. The van der Waals surface area contributed by atoms with E-state index in [0.29, 0.717) is 6.54 Å². The molecule has 1 amide bonds. The molecular formula is C25H23N5O. The first-order chi connectivity index (χ1) is 15.2. The monoisotopic (exact) mass is 409 g/mol. The third kappa shape index (κ3) is 5.30. The third-order valence-corrected chi connectivity index (χ3v) is 4.80. The fourth-order valence-corrected chi connectivity index (χ4v) is 3.15. The van der Waals surface area contributed by atoms with Gasteiger partial charge in [-0.1, -0.05) is 24.3 Å². The molecule has 3 aromatic heterocycles. The predicted octanol–water partition coefficient (Wildman–Crippen LogP) is 4.01. The van der Waals surface area contributed by atoms with Gasteiger partial charge in [0.05, 0.1) is 5.69 Å². The van der Waals surface area contributed by atoms with Crippen LogP contribution in [0, 0.1) is 6.92 Å². The summed E-state index contributed by atoms with van der Waals surface area (Å²) in [5.74, 6) is -0.148. The zero-order valence-corrected chi connectivity index (χ0v) is 17.3. The smallest absolute Gasteiger partial charge is 0.244 e. The number of carbonyl (C=O) groups excluding carboxylic acids is 1. The van der Waals surface area contributed by atoms with E-state index in [9.17, 15) is 4.79 Å². The fraction of sp³-hybridized carbons (Fsp3) is 0.120. The van der Waals surface area contributed by atoms with Crippen molar-refractivity contribution in [3.63, 3.8) is 0 Å².